The van der Waals surface area contributed by atoms with Gasteiger partial charge in [-0.3, -0.25) is 12.2 Å². The maximum Gasteiger partial charge on any atom is 4.00 e. The summed E-state index contributed by atoms with van der Waals surface area (Å²) in [6.07, 6.45) is 6.87. The number of rotatable bonds is 0. The van der Waals surface area contributed by atoms with E-state index in [2.05, 4.69) is 81.4 Å². The van der Waals surface area contributed by atoms with Crippen molar-refractivity contribution in [2.75, 3.05) is 0 Å². The van der Waals surface area contributed by atoms with E-state index in [0.29, 0.717) is 0 Å². The van der Waals surface area contributed by atoms with E-state index in [1.54, 1.807) is 0 Å². The maximum absolute atomic E-state index is 3.44. The number of halogens is 2. The Morgan fingerprint density at radius 3 is 0.826 bits per heavy atom. The van der Waals surface area contributed by atoms with Crippen LogP contribution < -0.4 is 34.0 Å². The fourth-order valence-corrected chi connectivity index (χ4v) is 2.81. The summed E-state index contributed by atoms with van der Waals surface area (Å²) >= 11 is 0. The van der Waals surface area contributed by atoms with Crippen molar-refractivity contribution in [2.45, 2.75) is 69.2 Å². The Balaban J connectivity index is -0.000000308. The fraction of sp³-hybridized carbons (Fsp3) is 0.600. The molecular weight excluding hydrogens is 491 g/mol. The van der Waals surface area contributed by atoms with Gasteiger partial charge >= 0.3 is 26.2 Å². The molecule has 0 radical (unpaired) electrons. The molecule has 23 heavy (non-hydrogen) atoms. The molecule has 0 saturated heterocycles. The third-order valence-corrected chi connectivity index (χ3v) is 5.12. The van der Waals surface area contributed by atoms with Crippen LogP contribution in [0.25, 0.3) is 0 Å². The third kappa shape index (κ3) is 6.55. The first-order valence-corrected chi connectivity index (χ1v) is 7.50. The predicted octanol–water partition coefficient (Wildman–Crippen LogP) is 0.230. The Morgan fingerprint density at radius 2 is 0.783 bits per heavy atom. The van der Waals surface area contributed by atoms with Gasteiger partial charge in [-0.25, -0.2) is 11.1 Å². The van der Waals surface area contributed by atoms with Gasteiger partial charge in [0.25, 0.3) is 0 Å². The van der Waals surface area contributed by atoms with Crippen molar-refractivity contribution in [3.8, 4) is 0 Å². The molecule has 0 unspecified atom stereocenters. The van der Waals surface area contributed by atoms with Gasteiger partial charge in [0.1, 0.15) is 0 Å². The average molecular weight is 521 g/mol. The second kappa shape index (κ2) is 10.1. The first-order valence-electron chi connectivity index (χ1n) is 7.50. The molecule has 0 saturated carbocycles. The van der Waals surface area contributed by atoms with Gasteiger partial charge in [0.15, 0.2) is 0 Å². The van der Waals surface area contributed by atoms with Crippen LogP contribution in [0.15, 0.2) is 33.4 Å². The van der Waals surface area contributed by atoms with Crippen LogP contribution in [0.4, 0.5) is 0 Å². The topological polar surface area (TPSA) is 0 Å². The van der Waals surface area contributed by atoms with E-state index < -0.39 is 0 Å². The summed E-state index contributed by atoms with van der Waals surface area (Å²) in [4.78, 5) is 0. The zero-order valence-electron chi connectivity index (χ0n) is 16.3. The molecule has 3 heteroatoms. The molecule has 0 spiro atoms. The van der Waals surface area contributed by atoms with Gasteiger partial charge in [-0.05, 0) is 0 Å². The monoisotopic (exact) mass is 518 g/mol. The summed E-state index contributed by atoms with van der Waals surface area (Å²) < 4.78 is 0. The molecule has 0 amide bonds. The van der Waals surface area contributed by atoms with E-state index in [-0.39, 0.29) is 71.0 Å². The Kier molecular flexibility index (Phi) is 12.5. The Labute approximate surface area is 184 Å². The fourth-order valence-electron chi connectivity index (χ4n) is 2.81. The molecule has 128 valence electrons. The van der Waals surface area contributed by atoms with Crippen LogP contribution in [-0.4, -0.2) is 0 Å². The minimum absolute atomic E-state index is 0. The van der Waals surface area contributed by atoms with E-state index in [4.69, 9.17) is 0 Å². The summed E-state index contributed by atoms with van der Waals surface area (Å²) in [5.41, 5.74) is 8.79. The van der Waals surface area contributed by atoms with Crippen molar-refractivity contribution in [1.82, 2.24) is 0 Å². The summed E-state index contributed by atoms with van der Waals surface area (Å²) in [5, 5.41) is 0. The van der Waals surface area contributed by atoms with Gasteiger partial charge in [-0.2, -0.15) is 22.3 Å². The molecule has 0 bridgehead atoms. The van der Waals surface area contributed by atoms with E-state index in [1.807, 2.05) is 0 Å². The standard InChI is InChI=1S/2C10H15.2BrH.Zr/c2*1-7-6-10(4,5)9(3)8(7)2;;;/h2*1-5H3;2*1H;/q2*-1;;;+4/p-2. The maximum atomic E-state index is 3.44. The Bertz CT molecular complexity index is 494. The minimum atomic E-state index is 0. The molecule has 0 N–H and O–H groups in total. The van der Waals surface area contributed by atoms with E-state index in [0.717, 1.165) is 0 Å². The van der Waals surface area contributed by atoms with Crippen molar-refractivity contribution in [2.24, 2.45) is 10.8 Å². The van der Waals surface area contributed by atoms with Crippen molar-refractivity contribution >= 4 is 0 Å². The first-order chi connectivity index (χ1) is 8.90. The zero-order valence-corrected chi connectivity index (χ0v) is 21.9. The third-order valence-electron chi connectivity index (χ3n) is 5.12. The van der Waals surface area contributed by atoms with Crippen LogP contribution in [0, 0.1) is 23.0 Å². The van der Waals surface area contributed by atoms with E-state index in [9.17, 15) is 0 Å². The van der Waals surface area contributed by atoms with Crippen molar-refractivity contribution in [3.05, 3.63) is 45.6 Å². The SMILES string of the molecule is CC1=[C-]C(C)(C)C(C)=C1C.CC1=[C-]C(C)(C)C(C)=C1C.[Br-].[Br-].[Zr+4]. The average Bonchev–Trinajstić information content (AvgIpc) is 2.60. The van der Waals surface area contributed by atoms with Crippen LogP contribution in [0.1, 0.15) is 69.2 Å². The van der Waals surface area contributed by atoms with Crippen LogP contribution in [0.3, 0.4) is 0 Å². The number of hydrogen-bond donors (Lipinski definition) is 0. The van der Waals surface area contributed by atoms with E-state index in [1.165, 1.54) is 33.4 Å². The van der Waals surface area contributed by atoms with Gasteiger partial charge in [0, 0.05) is 0 Å². The molecule has 0 fully saturated rings. The van der Waals surface area contributed by atoms with E-state index >= 15 is 0 Å². The second-order valence-electron chi connectivity index (χ2n) is 7.25. The number of hydrogen-bond acceptors (Lipinski definition) is 0. The Hall–Kier alpha value is 0.803. The molecule has 0 aliphatic heterocycles. The van der Waals surface area contributed by atoms with Crippen LogP contribution in [-0.2, 0) is 26.2 Å². The molecule has 2 aliphatic carbocycles. The normalized spacial score (nSPS) is 20.4. The molecule has 0 aromatic rings. The largest absolute Gasteiger partial charge is 4.00 e. The van der Waals surface area contributed by atoms with Crippen LogP contribution in [0.5, 0.6) is 0 Å². The van der Waals surface area contributed by atoms with Gasteiger partial charge in [0.2, 0.25) is 0 Å². The van der Waals surface area contributed by atoms with Gasteiger partial charge in [-0.15, -0.1) is 13.8 Å². The first kappa shape index (κ1) is 28.6. The smallest absolute Gasteiger partial charge is 1.00 e. The van der Waals surface area contributed by atoms with Crippen molar-refractivity contribution in [1.29, 1.82) is 0 Å². The predicted molar refractivity (Wildman–Crippen MR) is 89.2 cm³/mol. The molecular formula is C20H30Br2Zr. The molecule has 0 nitrogen and oxygen atoms in total. The molecule has 0 atom stereocenters. The van der Waals surface area contributed by atoms with Crippen molar-refractivity contribution < 1.29 is 60.2 Å². The van der Waals surface area contributed by atoms with Gasteiger partial charge in [0.05, 0.1) is 0 Å². The molecule has 0 heterocycles. The number of allylic oxidation sites excluding steroid dienone is 8. The molecule has 2 rings (SSSR count). The summed E-state index contributed by atoms with van der Waals surface area (Å²) in [7, 11) is 0. The van der Waals surface area contributed by atoms with Gasteiger partial charge < -0.3 is 34.0 Å². The summed E-state index contributed by atoms with van der Waals surface area (Å²) in [5.74, 6) is 0. The van der Waals surface area contributed by atoms with Crippen LogP contribution >= 0.6 is 0 Å². The quantitative estimate of drug-likeness (QED) is 0.401. The molecule has 0 aromatic heterocycles. The van der Waals surface area contributed by atoms with Crippen LogP contribution in [0.2, 0.25) is 0 Å². The zero-order chi connectivity index (χ0) is 15.9. The Morgan fingerprint density at radius 1 is 0.565 bits per heavy atom. The minimum Gasteiger partial charge on any atom is -1.00 e. The molecule has 2 aliphatic rings. The van der Waals surface area contributed by atoms with Gasteiger partial charge in [-0.1, -0.05) is 66.2 Å². The summed E-state index contributed by atoms with van der Waals surface area (Å²) in [6.45, 7) is 21.8. The summed E-state index contributed by atoms with van der Waals surface area (Å²) in [6, 6.07) is 0. The van der Waals surface area contributed by atoms with Crippen molar-refractivity contribution in [3.63, 3.8) is 0 Å². The second-order valence-corrected chi connectivity index (χ2v) is 7.25. The molecule has 0 aromatic carbocycles.